The van der Waals surface area contributed by atoms with Gasteiger partial charge >= 0.3 is 12.1 Å². The predicted molar refractivity (Wildman–Crippen MR) is 80.0 cm³/mol. The number of nitrogens with one attached hydrogen (secondary N) is 2. The Kier molecular flexibility index (Phi) is 11.5. The van der Waals surface area contributed by atoms with Gasteiger partial charge in [-0.05, 0) is 19.3 Å². The van der Waals surface area contributed by atoms with Gasteiger partial charge in [0.15, 0.2) is 0 Å². The van der Waals surface area contributed by atoms with E-state index in [2.05, 4.69) is 26.6 Å². The molecular weight excluding hydrogens is 312 g/mol. The van der Waals surface area contributed by atoms with Crippen molar-refractivity contribution in [3.63, 3.8) is 0 Å². The van der Waals surface area contributed by atoms with Crippen molar-refractivity contribution >= 4 is 28.0 Å². The molecule has 112 valence electrons. The second-order valence-electron chi connectivity index (χ2n) is 4.52. The summed E-state index contributed by atoms with van der Waals surface area (Å²) in [6.45, 7) is 0. The quantitative estimate of drug-likeness (QED) is 0.263. The fraction of sp³-hybridized carbons (Fsp3) is 0.833. The molecule has 0 spiro atoms. The molecule has 0 unspecified atom stereocenters. The highest BCUT2D eigenvalue weighted by Gasteiger charge is 2.10. The van der Waals surface area contributed by atoms with E-state index in [1.54, 1.807) is 0 Å². The van der Waals surface area contributed by atoms with E-state index >= 15 is 0 Å². The van der Waals surface area contributed by atoms with Gasteiger partial charge in [0, 0.05) is 5.33 Å². The van der Waals surface area contributed by atoms with Gasteiger partial charge in [0.25, 0.3) is 0 Å². The summed E-state index contributed by atoms with van der Waals surface area (Å²) in [5, 5.41) is 5.98. The van der Waals surface area contributed by atoms with Gasteiger partial charge in [-0.25, -0.2) is 9.59 Å². The first-order valence-electron chi connectivity index (χ1n) is 6.74. The Bertz CT molecular complexity index is 248. The van der Waals surface area contributed by atoms with Crippen molar-refractivity contribution in [2.45, 2.75) is 57.5 Å². The van der Waals surface area contributed by atoms with Crippen LogP contribution in [0.25, 0.3) is 0 Å². The number of hydrogen-bond acceptors (Lipinski definition) is 2. The molecule has 0 aromatic rings. The second-order valence-corrected chi connectivity index (χ2v) is 5.32. The average molecular weight is 337 g/mol. The zero-order chi connectivity index (χ0) is 14.5. The summed E-state index contributed by atoms with van der Waals surface area (Å²) in [7, 11) is 0. The Labute approximate surface area is 123 Å². The van der Waals surface area contributed by atoms with Crippen LogP contribution in [-0.4, -0.2) is 23.6 Å². The number of nitrogens with two attached hydrogens (primary N) is 2. The van der Waals surface area contributed by atoms with Gasteiger partial charge in [0.1, 0.15) is 6.17 Å². The van der Waals surface area contributed by atoms with Gasteiger partial charge in [0.05, 0.1) is 0 Å². The van der Waals surface area contributed by atoms with Crippen LogP contribution in [0.4, 0.5) is 9.59 Å². The van der Waals surface area contributed by atoms with E-state index in [1.807, 2.05) is 0 Å². The monoisotopic (exact) mass is 336 g/mol. The lowest BCUT2D eigenvalue weighted by atomic mass is 10.1. The average Bonchev–Trinajstić information content (AvgIpc) is 2.30. The molecular formula is C12H25BrN4O2. The van der Waals surface area contributed by atoms with Gasteiger partial charge in [0.2, 0.25) is 0 Å². The lowest BCUT2D eigenvalue weighted by molar-refractivity contribution is 0.232. The Hall–Kier alpha value is -0.980. The number of urea groups is 2. The molecule has 0 aliphatic rings. The maximum absolute atomic E-state index is 10.7. The molecule has 6 N–H and O–H groups in total. The first-order valence-corrected chi connectivity index (χ1v) is 7.86. The largest absolute Gasteiger partial charge is 0.352 e. The number of carbonyl (C=O) groups is 2. The molecule has 0 saturated carbocycles. The van der Waals surface area contributed by atoms with Crippen molar-refractivity contribution in [2.24, 2.45) is 11.5 Å². The highest BCUT2D eigenvalue weighted by Crippen LogP contribution is 2.09. The second kappa shape index (κ2) is 12.1. The number of unbranched alkanes of at least 4 members (excludes halogenated alkanes) is 6. The number of halogens is 1. The van der Waals surface area contributed by atoms with Crippen molar-refractivity contribution < 1.29 is 9.59 Å². The number of alkyl halides is 1. The van der Waals surface area contributed by atoms with Crippen molar-refractivity contribution in [1.82, 2.24) is 10.6 Å². The molecule has 0 atom stereocenters. The number of carbonyl (C=O) groups excluding carboxylic acids is 2. The zero-order valence-corrected chi connectivity index (χ0v) is 12.9. The molecule has 19 heavy (non-hydrogen) atoms. The molecule has 0 saturated heterocycles. The Balaban J connectivity index is 3.57. The minimum absolute atomic E-state index is 0.469. The molecule has 0 radical (unpaired) electrons. The fourth-order valence-corrected chi connectivity index (χ4v) is 2.25. The molecule has 0 heterocycles. The van der Waals surface area contributed by atoms with E-state index in [-0.39, 0.29) is 0 Å². The first kappa shape index (κ1) is 18.0. The smallest absolute Gasteiger partial charge is 0.313 e. The summed E-state index contributed by atoms with van der Waals surface area (Å²) in [6.07, 6.45) is 8.32. The predicted octanol–water partition coefficient (Wildman–Crippen LogP) is 2.16. The summed E-state index contributed by atoms with van der Waals surface area (Å²) in [5.41, 5.74) is 10.0. The van der Waals surface area contributed by atoms with E-state index in [0.717, 1.165) is 18.2 Å². The third kappa shape index (κ3) is 13.3. The van der Waals surface area contributed by atoms with Gasteiger partial charge in [-0.3, -0.25) is 0 Å². The maximum atomic E-state index is 10.7. The van der Waals surface area contributed by atoms with Crippen LogP contribution in [0, 0.1) is 0 Å². The third-order valence-corrected chi connectivity index (χ3v) is 3.32. The number of primary amides is 2. The van der Waals surface area contributed by atoms with Crippen LogP contribution in [0.5, 0.6) is 0 Å². The van der Waals surface area contributed by atoms with E-state index in [9.17, 15) is 9.59 Å². The van der Waals surface area contributed by atoms with Gasteiger partial charge in [-0.2, -0.15) is 0 Å². The van der Waals surface area contributed by atoms with Crippen molar-refractivity contribution in [3.8, 4) is 0 Å². The highest BCUT2D eigenvalue weighted by atomic mass is 79.9. The lowest BCUT2D eigenvalue weighted by Crippen LogP contribution is -2.51. The van der Waals surface area contributed by atoms with Crippen LogP contribution >= 0.6 is 15.9 Å². The van der Waals surface area contributed by atoms with Crippen LogP contribution in [0.15, 0.2) is 0 Å². The van der Waals surface area contributed by atoms with E-state index in [0.29, 0.717) is 6.42 Å². The molecule has 0 fully saturated rings. The minimum Gasteiger partial charge on any atom is -0.352 e. The molecule has 0 aromatic heterocycles. The summed E-state index contributed by atoms with van der Waals surface area (Å²) in [5.74, 6) is 0. The van der Waals surface area contributed by atoms with E-state index < -0.39 is 18.2 Å². The Morgan fingerprint density at radius 2 is 1.26 bits per heavy atom. The van der Waals surface area contributed by atoms with Crippen LogP contribution in [0.2, 0.25) is 0 Å². The highest BCUT2D eigenvalue weighted by molar-refractivity contribution is 9.09. The van der Waals surface area contributed by atoms with Crippen LogP contribution < -0.4 is 22.1 Å². The summed E-state index contributed by atoms with van der Waals surface area (Å²) in [4.78, 5) is 21.5. The van der Waals surface area contributed by atoms with Crippen molar-refractivity contribution in [2.75, 3.05) is 5.33 Å². The van der Waals surface area contributed by atoms with Crippen LogP contribution in [0.3, 0.4) is 0 Å². The minimum atomic E-state index is -0.659. The topological polar surface area (TPSA) is 110 Å². The summed E-state index contributed by atoms with van der Waals surface area (Å²) < 4.78 is 0. The third-order valence-electron chi connectivity index (χ3n) is 2.76. The molecule has 0 rings (SSSR count). The van der Waals surface area contributed by atoms with Gasteiger partial charge in [-0.1, -0.05) is 48.0 Å². The van der Waals surface area contributed by atoms with E-state index in [4.69, 9.17) is 11.5 Å². The Morgan fingerprint density at radius 1 is 0.842 bits per heavy atom. The zero-order valence-electron chi connectivity index (χ0n) is 11.3. The fourth-order valence-electron chi connectivity index (χ4n) is 1.85. The molecule has 0 aliphatic heterocycles. The van der Waals surface area contributed by atoms with Crippen molar-refractivity contribution in [3.05, 3.63) is 0 Å². The molecule has 7 heteroatoms. The van der Waals surface area contributed by atoms with Gasteiger partial charge < -0.3 is 22.1 Å². The number of amides is 4. The summed E-state index contributed by atoms with van der Waals surface area (Å²) in [6, 6.07) is -1.32. The molecule has 0 bridgehead atoms. The van der Waals surface area contributed by atoms with E-state index in [1.165, 1.54) is 32.1 Å². The number of hydrogen-bond donors (Lipinski definition) is 4. The molecule has 0 aromatic carbocycles. The Morgan fingerprint density at radius 3 is 1.68 bits per heavy atom. The van der Waals surface area contributed by atoms with Crippen LogP contribution in [0.1, 0.15) is 51.4 Å². The lowest BCUT2D eigenvalue weighted by Gasteiger charge is -2.17. The van der Waals surface area contributed by atoms with Gasteiger partial charge in [-0.15, -0.1) is 0 Å². The molecule has 0 aliphatic carbocycles. The standard InChI is InChI=1S/C12H25BrN4O2/c13-9-7-5-3-1-2-4-6-8-10(16-11(14)18)17-12(15)19/h10H,1-9H2,(H3,14,16,18)(H3,15,17,19). The molecule has 6 nitrogen and oxygen atoms in total. The SMILES string of the molecule is NC(=O)NC(CCCCCCCCCBr)NC(N)=O. The number of rotatable bonds is 11. The first-order chi connectivity index (χ1) is 9.06. The summed E-state index contributed by atoms with van der Waals surface area (Å²) >= 11 is 3.41. The maximum Gasteiger partial charge on any atom is 0.313 e. The normalized spacial score (nSPS) is 10.4. The molecule has 4 amide bonds. The van der Waals surface area contributed by atoms with Crippen LogP contribution in [-0.2, 0) is 0 Å². The van der Waals surface area contributed by atoms with Crippen molar-refractivity contribution in [1.29, 1.82) is 0 Å².